The third kappa shape index (κ3) is 4.50. The Balaban J connectivity index is 2.94. The Morgan fingerprint density at radius 2 is 1.74 bits per heavy atom. The number of carbonyl (C=O) groups is 2. The van der Waals surface area contributed by atoms with E-state index in [9.17, 15) is 9.59 Å². The highest BCUT2D eigenvalue weighted by molar-refractivity contribution is 5.82. The Morgan fingerprint density at radius 3 is 2.11 bits per heavy atom. The minimum Gasteiger partial charge on any atom is -0.497 e. The normalized spacial score (nSPS) is 11.5. The van der Waals surface area contributed by atoms with E-state index in [0.29, 0.717) is 17.1 Å². The number of carboxylic acids is 1. The fourth-order valence-corrected chi connectivity index (χ4v) is 1.67. The molecule has 0 bridgehead atoms. The molecule has 0 unspecified atom stereocenters. The fraction of sp³-hybridized carbons (Fsp3) is 0.385. The highest BCUT2D eigenvalue weighted by Gasteiger charge is 2.19. The van der Waals surface area contributed by atoms with E-state index in [1.165, 1.54) is 21.1 Å². The van der Waals surface area contributed by atoms with Crippen molar-refractivity contribution in [3.63, 3.8) is 0 Å². The Morgan fingerprint density at radius 1 is 1.21 bits per heavy atom. The van der Waals surface area contributed by atoms with Crippen molar-refractivity contribution in [3.8, 4) is 11.5 Å². The van der Waals surface area contributed by atoms with E-state index in [1.807, 2.05) is 0 Å². The van der Waals surface area contributed by atoms with E-state index in [2.05, 4.69) is 5.32 Å². The summed E-state index contributed by atoms with van der Waals surface area (Å²) >= 11 is 0. The summed E-state index contributed by atoms with van der Waals surface area (Å²) in [5, 5.41) is 11.4. The molecule has 0 heterocycles. The quantitative estimate of drug-likeness (QED) is 0.797. The zero-order valence-corrected chi connectivity index (χ0v) is 11.1. The number of carbonyl (C=O) groups excluding carboxylic acids is 1. The van der Waals surface area contributed by atoms with E-state index < -0.39 is 12.0 Å². The Bertz CT molecular complexity index is 450. The molecule has 1 aromatic carbocycles. The molecular formula is C13H17NO5. The SMILES string of the molecule is COc1cc(C[C@H](NC(C)=O)C(=O)O)cc(OC)c1. The highest BCUT2D eigenvalue weighted by atomic mass is 16.5. The Hall–Kier alpha value is -2.24. The molecule has 0 spiro atoms. The van der Waals surface area contributed by atoms with E-state index in [4.69, 9.17) is 14.6 Å². The summed E-state index contributed by atoms with van der Waals surface area (Å²) in [5.74, 6) is -0.332. The van der Waals surface area contributed by atoms with Crippen molar-refractivity contribution in [2.24, 2.45) is 0 Å². The van der Waals surface area contributed by atoms with Crippen LogP contribution in [0.4, 0.5) is 0 Å². The summed E-state index contributed by atoms with van der Waals surface area (Å²) in [6.45, 7) is 1.28. The van der Waals surface area contributed by atoms with Crippen LogP contribution in [0.3, 0.4) is 0 Å². The molecule has 104 valence electrons. The molecule has 1 atom stereocenters. The van der Waals surface area contributed by atoms with E-state index in [0.717, 1.165) is 0 Å². The molecule has 0 aliphatic heterocycles. The number of hydrogen-bond acceptors (Lipinski definition) is 4. The van der Waals surface area contributed by atoms with Gasteiger partial charge in [0.15, 0.2) is 0 Å². The van der Waals surface area contributed by atoms with Gasteiger partial charge in [-0.2, -0.15) is 0 Å². The average molecular weight is 267 g/mol. The van der Waals surface area contributed by atoms with Gasteiger partial charge in [-0.3, -0.25) is 4.79 Å². The third-order valence-electron chi connectivity index (χ3n) is 2.53. The van der Waals surface area contributed by atoms with Crippen molar-refractivity contribution >= 4 is 11.9 Å². The Kier molecular flexibility index (Phi) is 5.17. The number of aliphatic carboxylic acids is 1. The van der Waals surface area contributed by atoms with Crippen LogP contribution in [0.5, 0.6) is 11.5 Å². The number of methoxy groups -OCH3 is 2. The molecule has 1 amide bonds. The second kappa shape index (κ2) is 6.63. The van der Waals surface area contributed by atoms with Gasteiger partial charge in [-0.15, -0.1) is 0 Å². The van der Waals surface area contributed by atoms with E-state index >= 15 is 0 Å². The van der Waals surface area contributed by atoms with Gasteiger partial charge in [0.25, 0.3) is 0 Å². The van der Waals surface area contributed by atoms with Crippen LogP contribution in [0.25, 0.3) is 0 Å². The lowest BCUT2D eigenvalue weighted by molar-refractivity contribution is -0.141. The molecule has 6 heteroatoms. The minimum absolute atomic E-state index is 0.155. The topological polar surface area (TPSA) is 84.9 Å². The lowest BCUT2D eigenvalue weighted by Crippen LogP contribution is -2.41. The van der Waals surface area contributed by atoms with Crippen molar-refractivity contribution in [1.29, 1.82) is 0 Å². The van der Waals surface area contributed by atoms with Crippen molar-refractivity contribution in [2.45, 2.75) is 19.4 Å². The van der Waals surface area contributed by atoms with Gasteiger partial charge < -0.3 is 19.9 Å². The lowest BCUT2D eigenvalue weighted by atomic mass is 10.1. The first-order chi connectivity index (χ1) is 8.96. The second-order valence-electron chi connectivity index (χ2n) is 4.02. The van der Waals surface area contributed by atoms with Crippen LogP contribution in [0, 0.1) is 0 Å². The summed E-state index contributed by atoms with van der Waals surface area (Å²) in [4.78, 5) is 22.0. The van der Waals surface area contributed by atoms with Gasteiger partial charge in [0.2, 0.25) is 5.91 Å². The molecule has 0 aliphatic rings. The van der Waals surface area contributed by atoms with Crippen LogP contribution in [0.15, 0.2) is 18.2 Å². The smallest absolute Gasteiger partial charge is 0.326 e. The molecule has 1 rings (SSSR count). The number of hydrogen-bond donors (Lipinski definition) is 2. The van der Waals surface area contributed by atoms with E-state index in [1.54, 1.807) is 18.2 Å². The molecule has 0 fully saturated rings. The molecule has 0 saturated carbocycles. The molecule has 6 nitrogen and oxygen atoms in total. The van der Waals surface area contributed by atoms with Gasteiger partial charge in [-0.25, -0.2) is 4.79 Å². The molecule has 2 N–H and O–H groups in total. The van der Waals surface area contributed by atoms with Crippen LogP contribution in [0.1, 0.15) is 12.5 Å². The lowest BCUT2D eigenvalue weighted by Gasteiger charge is -2.14. The third-order valence-corrected chi connectivity index (χ3v) is 2.53. The summed E-state index contributed by atoms with van der Waals surface area (Å²) in [7, 11) is 3.03. The van der Waals surface area contributed by atoms with Gasteiger partial charge in [0.1, 0.15) is 17.5 Å². The number of benzene rings is 1. The predicted molar refractivity (Wildman–Crippen MR) is 68.5 cm³/mol. The fourth-order valence-electron chi connectivity index (χ4n) is 1.67. The van der Waals surface area contributed by atoms with Crippen molar-refractivity contribution in [3.05, 3.63) is 23.8 Å². The summed E-state index contributed by atoms with van der Waals surface area (Å²) in [6.07, 6.45) is 0.155. The van der Waals surface area contributed by atoms with Crippen LogP contribution in [0.2, 0.25) is 0 Å². The maximum Gasteiger partial charge on any atom is 0.326 e. The standard InChI is InChI=1S/C13H17NO5/c1-8(15)14-12(13(16)17)6-9-4-10(18-2)7-11(5-9)19-3/h4-5,7,12H,6H2,1-3H3,(H,14,15)(H,16,17)/t12-/m0/s1. The van der Waals surface area contributed by atoms with Crippen molar-refractivity contribution in [2.75, 3.05) is 14.2 Å². The summed E-state index contributed by atoms with van der Waals surface area (Å²) < 4.78 is 10.2. The first-order valence-electron chi connectivity index (χ1n) is 5.68. The van der Waals surface area contributed by atoms with Crippen LogP contribution < -0.4 is 14.8 Å². The number of rotatable bonds is 6. The predicted octanol–water partition coefficient (Wildman–Crippen LogP) is 0.836. The molecule has 19 heavy (non-hydrogen) atoms. The number of amides is 1. The van der Waals surface area contributed by atoms with Crippen molar-refractivity contribution < 1.29 is 24.2 Å². The van der Waals surface area contributed by atoms with Crippen LogP contribution in [-0.2, 0) is 16.0 Å². The molecule has 0 radical (unpaired) electrons. The maximum absolute atomic E-state index is 11.1. The average Bonchev–Trinajstić information content (AvgIpc) is 2.36. The van der Waals surface area contributed by atoms with Crippen LogP contribution >= 0.6 is 0 Å². The highest BCUT2D eigenvalue weighted by Crippen LogP contribution is 2.23. The summed E-state index contributed by atoms with van der Waals surface area (Å²) in [6, 6.07) is 4.13. The monoisotopic (exact) mass is 267 g/mol. The second-order valence-corrected chi connectivity index (χ2v) is 4.02. The zero-order chi connectivity index (χ0) is 14.4. The van der Waals surface area contributed by atoms with Gasteiger partial charge in [-0.1, -0.05) is 0 Å². The minimum atomic E-state index is -1.09. The largest absolute Gasteiger partial charge is 0.497 e. The molecular weight excluding hydrogens is 250 g/mol. The van der Waals surface area contributed by atoms with Gasteiger partial charge in [-0.05, 0) is 17.7 Å². The zero-order valence-electron chi connectivity index (χ0n) is 11.1. The first kappa shape index (κ1) is 14.8. The van der Waals surface area contributed by atoms with Gasteiger partial charge in [0.05, 0.1) is 14.2 Å². The molecule has 0 saturated heterocycles. The molecule has 0 aromatic heterocycles. The summed E-state index contributed by atoms with van der Waals surface area (Å²) in [5.41, 5.74) is 0.706. The van der Waals surface area contributed by atoms with Crippen LogP contribution in [-0.4, -0.2) is 37.2 Å². The number of ether oxygens (including phenoxy) is 2. The first-order valence-corrected chi connectivity index (χ1v) is 5.68. The van der Waals surface area contributed by atoms with Gasteiger partial charge >= 0.3 is 5.97 Å². The number of carboxylic acid groups (broad SMARTS) is 1. The maximum atomic E-state index is 11.1. The molecule has 1 aromatic rings. The number of nitrogens with one attached hydrogen (secondary N) is 1. The Labute approximate surface area is 111 Å². The van der Waals surface area contributed by atoms with Gasteiger partial charge in [0, 0.05) is 19.4 Å². The molecule has 0 aliphatic carbocycles. The van der Waals surface area contributed by atoms with Crippen molar-refractivity contribution in [1.82, 2.24) is 5.32 Å². The van der Waals surface area contributed by atoms with E-state index in [-0.39, 0.29) is 12.3 Å².